The minimum absolute atomic E-state index is 0.173. The number of hydrogen-bond donors (Lipinski definition) is 0. The number of benzene rings is 4. The standard InChI is InChI=1S/C32H32NO5P/c1-5-38-32(34)28(23-24-21-22-29(35-2)31(37-4)30(24)36-3)33-39(25-15-9-6-10-16-25,26-17-11-7-12-18-26)27-19-13-8-14-20-27/h6-23H,5H2,1-4H3/b28-23-. The van der Waals surface area contributed by atoms with Gasteiger partial charge in [0.2, 0.25) is 5.75 Å². The van der Waals surface area contributed by atoms with E-state index in [2.05, 4.69) is 36.4 Å². The van der Waals surface area contributed by atoms with Crippen molar-refractivity contribution in [1.29, 1.82) is 0 Å². The van der Waals surface area contributed by atoms with Crippen LogP contribution >= 0.6 is 7.05 Å². The molecule has 0 amide bonds. The van der Waals surface area contributed by atoms with Gasteiger partial charge in [-0.2, -0.15) is 0 Å². The van der Waals surface area contributed by atoms with Crippen LogP contribution < -0.4 is 30.1 Å². The van der Waals surface area contributed by atoms with E-state index in [0.717, 1.165) is 15.9 Å². The van der Waals surface area contributed by atoms with Gasteiger partial charge in [0.05, 0.1) is 35.0 Å². The van der Waals surface area contributed by atoms with E-state index in [1.807, 2.05) is 60.7 Å². The van der Waals surface area contributed by atoms with E-state index in [4.69, 9.17) is 23.7 Å². The van der Waals surface area contributed by atoms with Crippen molar-refractivity contribution in [1.82, 2.24) is 0 Å². The van der Waals surface area contributed by atoms with Gasteiger partial charge in [-0.3, -0.25) is 0 Å². The molecule has 0 spiro atoms. The third-order valence-corrected chi connectivity index (χ3v) is 9.81. The van der Waals surface area contributed by atoms with E-state index >= 15 is 0 Å². The Morgan fingerprint density at radius 1 is 0.692 bits per heavy atom. The predicted octanol–water partition coefficient (Wildman–Crippen LogP) is 5.79. The first-order valence-corrected chi connectivity index (χ1v) is 14.3. The predicted molar refractivity (Wildman–Crippen MR) is 158 cm³/mol. The molecule has 0 N–H and O–H groups in total. The monoisotopic (exact) mass is 541 g/mol. The van der Waals surface area contributed by atoms with E-state index < -0.39 is 13.0 Å². The van der Waals surface area contributed by atoms with Gasteiger partial charge in [-0.1, -0.05) is 91.0 Å². The van der Waals surface area contributed by atoms with Gasteiger partial charge in [0, 0.05) is 21.5 Å². The number of ether oxygens (including phenoxy) is 4. The lowest BCUT2D eigenvalue weighted by atomic mass is 10.1. The summed E-state index contributed by atoms with van der Waals surface area (Å²) in [6.45, 7) is 1.99. The van der Waals surface area contributed by atoms with Crippen LogP contribution in [0.1, 0.15) is 12.5 Å². The molecule has 0 aliphatic rings. The highest BCUT2D eigenvalue weighted by Crippen LogP contribution is 2.48. The molecule has 200 valence electrons. The van der Waals surface area contributed by atoms with Crippen LogP contribution in [0.3, 0.4) is 0 Å². The molecule has 0 radical (unpaired) electrons. The fourth-order valence-electron chi connectivity index (χ4n) is 4.43. The molecule has 6 nitrogen and oxygen atoms in total. The summed E-state index contributed by atoms with van der Waals surface area (Å²) < 4.78 is 27.6. The van der Waals surface area contributed by atoms with Crippen molar-refractivity contribution in [2.75, 3.05) is 27.9 Å². The largest absolute Gasteiger partial charge is 0.493 e. The van der Waals surface area contributed by atoms with Crippen LogP contribution in [-0.2, 0) is 9.53 Å². The zero-order valence-corrected chi connectivity index (χ0v) is 23.4. The smallest absolute Gasteiger partial charge is 0.356 e. The Labute approximate surface area is 229 Å². The second-order valence-electron chi connectivity index (χ2n) is 8.42. The molecule has 0 aliphatic carbocycles. The molecule has 0 aliphatic heterocycles. The number of hydrogen-bond acceptors (Lipinski definition) is 6. The zero-order chi connectivity index (χ0) is 27.7. The first-order chi connectivity index (χ1) is 19.1. The van der Waals surface area contributed by atoms with Gasteiger partial charge in [-0.05, 0) is 25.1 Å². The van der Waals surface area contributed by atoms with Crippen molar-refractivity contribution in [3.63, 3.8) is 0 Å². The van der Waals surface area contributed by atoms with Crippen LogP contribution in [0, 0.1) is 0 Å². The highest BCUT2D eigenvalue weighted by Gasteiger charge is 2.29. The highest BCUT2D eigenvalue weighted by atomic mass is 31.2. The molecule has 39 heavy (non-hydrogen) atoms. The summed E-state index contributed by atoms with van der Waals surface area (Å²) in [7, 11) is 1.93. The van der Waals surface area contributed by atoms with Crippen molar-refractivity contribution in [2.24, 2.45) is 4.74 Å². The van der Waals surface area contributed by atoms with E-state index in [0.29, 0.717) is 22.8 Å². The summed E-state index contributed by atoms with van der Waals surface area (Å²) >= 11 is 0. The second-order valence-corrected chi connectivity index (χ2v) is 11.4. The van der Waals surface area contributed by atoms with Gasteiger partial charge in [0.15, 0.2) is 11.5 Å². The Morgan fingerprint density at radius 3 is 1.59 bits per heavy atom. The molecule has 0 aromatic heterocycles. The number of nitrogens with zero attached hydrogens (tertiary/aromatic N) is 1. The van der Waals surface area contributed by atoms with Crippen molar-refractivity contribution in [2.45, 2.75) is 6.92 Å². The maximum Gasteiger partial charge on any atom is 0.356 e. The fraction of sp³-hybridized carbons (Fsp3) is 0.156. The fourth-order valence-corrected chi connectivity index (χ4v) is 7.95. The lowest BCUT2D eigenvalue weighted by Gasteiger charge is -2.27. The zero-order valence-electron chi connectivity index (χ0n) is 22.5. The van der Waals surface area contributed by atoms with E-state index in [-0.39, 0.29) is 12.3 Å². The molecular weight excluding hydrogens is 509 g/mol. The summed E-state index contributed by atoms with van der Waals surface area (Å²) in [4.78, 5) is 13.5. The van der Waals surface area contributed by atoms with Crippen LogP contribution in [-0.4, -0.2) is 33.9 Å². The Kier molecular flexibility index (Phi) is 9.24. The molecule has 0 fully saturated rings. The van der Waals surface area contributed by atoms with E-state index in [1.54, 1.807) is 40.4 Å². The molecule has 0 atom stereocenters. The summed E-state index contributed by atoms with van der Waals surface area (Å²) in [6.07, 6.45) is 1.70. The first-order valence-electron chi connectivity index (χ1n) is 12.6. The van der Waals surface area contributed by atoms with Crippen molar-refractivity contribution < 1.29 is 23.7 Å². The van der Waals surface area contributed by atoms with Crippen LogP contribution in [0.15, 0.2) is 114 Å². The number of carbonyl (C=O) groups is 1. The Balaban J connectivity index is 2.13. The van der Waals surface area contributed by atoms with Gasteiger partial charge < -0.3 is 18.9 Å². The van der Waals surface area contributed by atoms with Crippen molar-refractivity contribution in [3.8, 4) is 17.2 Å². The SMILES string of the molecule is CCOC(=O)/C(=C/c1ccc(OC)c(OC)c1OC)N=P(c1ccccc1)(c1ccccc1)c1ccccc1. The van der Waals surface area contributed by atoms with Crippen molar-refractivity contribution in [3.05, 3.63) is 114 Å². The van der Waals surface area contributed by atoms with E-state index in [1.165, 1.54) is 0 Å². The molecule has 0 heterocycles. The van der Waals surface area contributed by atoms with Gasteiger partial charge in [-0.25, -0.2) is 9.54 Å². The van der Waals surface area contributed by atoms with Crippen LogP contribution in [0.25, 0.3) is 6.08 Å². The molecule has 7 heteroatoms. The minimum Gasteiger partial charge on any atom is -0.493 e. The molecule has 0 saturated heterocycles. The van der Waals surface area contributed by atoms with Gasteiger partial charge >= 0.3 is 5.97 Å². The topological polar surface area (TPSA) is 66.4 Å². The van der Waals surface area contributed by atoms with E-state index in [9.17, 15) is 4.79 Å². The molecule has 0 bridgehead atoms. The normalized spacial score (nSPS) is 11.4. The summed E-state index contributed by atoms with van der Waals surface area (Å²) in [5.41, 5.74) is 0.779. The summed E-state index contributed by atoms with van der Waals surface area (Å²) in [5.74, 6) is 0.839. The summed E-state index contributed by atoms with van der Waals surface area (Å²) in [6, 6.07) is 33.9. The van der Waals surface area contributed by atoms with Gasteiger partial charge in [-0.15, -0.1) is 0 Å². The van der Waals surface area contributed by atoms with Crippen LogP contribution in [0.2, 0.25) is 0 Å². The summed E-state index contributed by atoms with van der Waals surface area (Å²) in [5, 5.41) is 3.03. The van der Waals surface area contributed by atoms with Crippen molar-refractivity contribution >= 4 is 35.0 Å². The minimum atomic E-state index is -2.72. The Hall–Kier alpha value is -4.28. The molecule has 4 aromatic carbocycles. The first kappa shape index (κ1) is 27.7. The number of rotatable bonds is 10. The maximum atomic E-state index is 13.5. The number of methoxy groups -OCH3 is 3. The van der Waals surface area contributed by atoms with Gasteiger partial charge in [0.25, 0.3) is 0 Å². The Bertz CT molecular complexity index is 1380. The Morgan fingerprint density at radius 2 is 1.18 bits per heavy atom. The lowest BCUT2D eigenvalue weighted by molar-refractivity contribution is -0.138. The molecule has 4 rings (SSSR count). The van der Waals surface area contributed by atoms with Crippen LogP contribution in [0.5, 0.6) is 17.2 Å². The average Bonchev–Trinajstić information content (AvgIpc) is 3.00. The highest BCUT2D eigenvalue weighted by molar-refractivity contribution is 7.87. The quantitative estimate of drug-likeness (QED) is 0.144. The van der Waals surface area contributed by atoms with Crippen LogP contribution in [0.4, 0.5) is 0 Å². The molecule has 4 aromatic rings. The third kappa shape index (κ3) is 5.76. The lowest BCUT2D eigenvalue weighted by Crippen LogP contribution is -2.26. The van der Waals surface area contributed by atoms with Gasteiger partial charge in [0.1, 0.15) is 5.70 Å². The third-order valence-electron chi connectivity index (χ3n) is 6.16. The second kappa shape index (κ2) is 13.0. The molecular formula is C32H32NO5P. The number of carbonyl (C=O) groups excluding carboxylic acids is 1. The maximum absolute atomic E-state index is 13.5. The average molecular weight is 542 g/mol. The molecule has 0 saturated carbocycles. The number of esters is 1. The molecule has 0 unspecified atom stereocenters.